The van der Waals surface area contributed by atoms with Crippen molar-refractivity contribution in [2.75, 3.05) is 5.32 Å². The molecule has 1 amide bonds. The number of halogens is 1. The van der Waals surface area contributed by atoms with Gasteiger partial charge in [-0.15, -0.1) is 10.2 Å². The average molecular weight is 342 g/mol. The molecule has 0 fully saturated rings. The molecule has 3 rings (SSSR count). The minimum Gasteiger partial charge on any atom is -0.425 e. The third-order valence-electron chi connectivity index (χ3n) is 3.56. The number of aromatic nitrogens is 2. The number of carbonyl (C=O) groups is 1. The molecule has 1 aromatic heterocycles. The van der Waals surface area contributed by atoms with E-state index in [1.165, 1.54) is 0 Å². The van der Waals surface area contributed by atoms with E-state index in [2.05, 4.69) is 15.5 Å². The molecule has 0 aliphatic heterocycles. The summed E-state index contributed by atoms with van der Waals surface area (Å²) in [6.07, 6.45) is 0.203. The first-order chi connectivity index (χ1) is 11.6. The zero-order valence-electron chi connectivity index (χ0n) is 13.1. The number of hydrogen-bond acceptors (Lipinski definition) is 4. The van der Waals surface area contributed by atoms with Gasteiger partial charge >= 0.3 is 0 Å². The first kappa shape index (κ1) is 16.2. The number of hydrogen-bond donors (Lipinski definition) is 1. The molecule has 6 heteroatoms. The summed E-state index contributed by atoms with van der Waals surface area (Å²) >= 11 is 5.85. The van der Waals surface area contributed by atoms with Crippen molar-refractivity contribution in [3.05, 3.63) is 77.0 Å². The third kappa shape index (κ3) is 4.00. The van der Waals surface area contributed by atoms with E-state index in [9.17, 15) is 4.79 Å². The molecule has 1 atom stereocenters. The van der Waals surface area contributed by atoms with Crippen molar-refractivity contribution in [3.8, 4) is 0 Å². The summed E-state index contributed by atoms with van der Waals surface area (Å²) in [5.41, 5.74) is 1.64. The first-order valence-corrected chi connectivity index (χ1v) is 7.90. The van der Waals surface area contributed by atoms with Crippen molar-refractivity contribution in [1.82, 2.24) is 10.2 Å². The summed E-state index contributed by atoms with van der Waals surface area (Å²) in [4.78, 5) is 12.4. The second kappa shape index (κ2) is 7.27. The zero-order chi connectivity index (χ0) is 16.9. The molecule has 5 nitrogen and oxygen atoms in total. The molecule has 24 heavy (non-hydrogen) atoms. The highest BCUT2D eigenvalue weighted by atomic mass is 35.5. The lowest BCUT2D eigenvalue weighted by atomic mass is 9.95. The quantitative estimate of drug-likeness (QED) is 0.755. The summed E-state index contributed by atoms with van der Waals surface area (Å²) < 4.78 is 5.55. The van der Waals surface area contributed by atoms with Gasteiger partial charge in [0.1, 0.15) is 0 Å². The zero-order valence-corrected chi connectivity index (χ0v) is 13.8. The Labute approximate surface area is 144 Å². The maximum absolute atomic E-state index is 12.4. The molecule has 3 aromatic rings. The van der Waals surface area contributed by atoms with Gasteiger partial charge in [0.2, 0.25) is 17.7 Å². The van der Waals surface area contributed by atoms with E-state index in [4.69, 9.17) is 16.0 Å². The largest absolute Gasteiger partial charge is 0.425 e. The Hall–Kier alpha value is -2.66. The van der Waals surface area contributed by atoms with Gasteiger partial charge < -0.3 is 9.73 Å². The maximum Gasteiger partial charge on any atom is 0.225 e. The predicted octanol–water partition coefficient (Wildman–Crippen LogP) is 4.19. The SMILES string of the molecule is Cc1nnc(C(CC(=O)Nc2ccc(Cl)cc2)c2ccccc2)o1. The van der Waals surface area contributed by atoms with Crippen LogP contribution in [-0.4, -0.2) is 16.1 Å². The summed E-state index contributed by atoms with van der Waals surface area (Å²) in [6.45, 7) is 1.73. The fraction of sp³-hybridized carbons (Fsp3) is 0.167. The van der Waals surface area contributed by atoms with Crippen LogP contribution in [0, 0.1) is 6.92 Å². The van der Waals surface area contributed by atoms with Crippen LogP contribution >= 0.6 is 11.6 Å². The Balaban J connectivity index is 1.79. The molecule has 0 saturated carbocycles. The molecular formula is C18H16ClN3O2. The highest BCUT2D eigenvalue weighted by Crippen LogP contribution is 2.27. The van der Waals surface area contributed by atoms with Gasteiger partial charge in [0.15, 0.2) is 0 Å². The van der Waals surface area contributed by atoms with Crippen molar-refractivity contribution in [3.63, 3.8) is 0 Å². The van der Waals surface area contributed by atoms with Crippen LogP contribution in [0.25, 0.3) is 0 Å². The topological polar surface area (TPSA) is 68.0 Å². The van der Waals surface area contributed by atoms with Gasteiger partial charge in [-0.05, 0) is 29.8 Å². The third-order valence-corrected chi connectivity index (χ3v) is 3.81. The second-order valence-electron chi connectivity index (χ2n) is 5.38. The number of nitrogens with one attached hydrogen (secondary N) is 1. The van der Waals surface area contributed by atoms with E-state index >= 15 is 0 Å². The standard InChI is InChI=1S/C18H16ClN3O2/c1-12-21-22-18(24-12)16(13-5-3-2-4-6-13)11-17(23)20-15-9-7-14(19)8-10-15/h2-10,16H,11H2,1H3,(H,20,23). The lowest BCUT2D eigenvalue weighted by Gasteiger charge is -2.13. The van der Waals surface area contributed by atoms with E-state index in [0.29, 0.717) is 22.5 Å². The van der Waals surface area contributed by atoms with E-state index in [-0.39, 0.29) is 18.2 Å². The van der Waals surface area contributed by atoms with Gasteiger partial charge in [0, 0.05) is 24.1 Å². The van der Waals surface area contributed by atoms with Gasteiger partial charge in [0.05, 0.1) is 5.92 Å². The van der Waals surface area contributed by atoms with Crippen molar-refractivity contribution in [2.45, 2.75) is 19.3 Å². The molecule has 2 aromatic carbocycles. The number of benzene rings is 2. The lowest BCUT2D eigenvalue weighted by Crippen LogP contribution is -2.16. The maximum atomic E-state index is 12.4. The Morgan fingerprint density at radius 2 is 1.83 bits per heavy atom. The van der Waals surface area contributed by atoms with E-state index in [0.717, 1.165) is 5.56 Å². The van der Waals surface area contributed by atoms with Crippen LogP contribution < -0.4 is 5.32 Å². The van der Waals surface area contributed by atoms with E-state index in [1.54, 1.807) is 31.2 Å². The van der Waals surface area contributed by atoms with Crippen molar-refractivity contribution in [1.29, 1.82) is 0 Å². The molecule has 1 unspecified atom stereocenters. The molecular weight excluding hydrogens is 326 g/mol. The van der Waals surface area contributed by atoms with Gasteiger partial charge in [-0.1, -0.05) is 41.9 Å². The first-order valence-electron chi connectivity index (χ1n) is 7.52. The van der Waals surface area contributed by atoms with Crippen LogP contribution in [0.5, 0.6) is 0 Å². The molecule has 1 heterocycles. The number of nitrogens with zero attached hydrogens (tertiary/aromatic N) is 2. The van der Waals surface area contributed by atoms with Crippen LogP contribution in [0.15, 0.2) is 59.0 Å². The molecule has 1 N–H and O–H groups in total. The predicted molar refractivity (Wildman–Crippen MR) is 92.0 cm³/mol. The molecule has 0 radical (unpaired) electrons. The Kier molecular flexibility index (Phi) is 4.91. The number of amides is 1. The summed E-state index contributed by atoms with van der Waals surface area (Å²) in [6, 6.07) is 16.6. The molecule has 0 bridgehead atoms. The van der Waals surface area contributed by atoms with Crippen LogP contribution in [0.4, 0.5) is 5.69 Å². The normalized spacial score (nSPS) is 11.9. The van der Waals surface area contributed by atoms with Crippen molar-refractivity contribution >= 4 is 23.2 Å². The monoisotopic (exact) mass is 341 g/mol. The summed E-state index contributed by atoms with van der Waals surface area (Å²) in [5.74, 6) is 0.482. The molecule has 0 spiro atoms. The van der Waals surface area contributed by atoms with Crippen LogP contribution in [0.2, 0.25) is 5.02 Å². The molecule has 0 aliphatic carbocycles. The molecule has 0 saturated heterocycles. The van der Waals surface area contributed by atoms with Crippen molar-refractivity contribution in [2.24, 2.45) is 0 Å². The summed E-state index contributed by atoms with van der Waals surface area (Å²) in [5, 5.41) is 11.4. The van der Waals surface area contributed by atoms with Gasteiger partial charge in [0.25, 0.3) is 0 Å². The number of carbonyl (C=O) groups excluding carboxylic acids is 1. The van der Waals surface area contributed by atoms with Crippen LogP contribution in [0.1, 0.15) is 29.7 Å². The van der Waals surface area contributed by atoms with E-state index in [1.807, 2.05) is 30.3 Å². The van der Waals surface area contributed by atoms with E-state index < -0.39 is 0 Å². The Morgan fingerprint density at radius 1 is 1.12 bits per heavy atom. The number of anilines is 1. The average Bonchev–Trinajstić information content (AvgIpc) is 3.02. The minimum absolute atomic E-state index is 0.137. The fourth-order valence-corrected chi connectivity index (χ4v) is 2.54. The lowest BCUT2D eigenvalue weighted by molar-refractivity contribution is -0.116. The highest BCUT2D eigenvalue weighted by molar-refractivity contribution is 6.30. The van der Waals surface area contributed by atoms with Gasteiger partial charge in [-0.2, -0.15) is 0 Å². The minimum atomic E-state index is -0.292. The van der Waals surface area contributed by atoms with Crippen LogP contribution in [-0.2, 0) is 4.79 Å². The number of aryl methyl sites for hydroxylation is 1. The molecule has 0 aliphatic rings. The fourth-order valence-electron chi connectivity index (χ4n) is 2.42. The van der Waals surface area contributed by atoms with Gasteiger partial charge in [-0.3, -0.25) is 4.79 Å². The van der Waals surface area contributed by atoms with Crippen molar-refractivity contribution < 1.29 is 9.21 Å². The number of rotatable bonds is 5. The summed E-state index contributed by atoms with van der Waals surface area (Å²) in [7, 11) is 0. The highest BCUT2D eigenvalue weighted by Gasteiger charge is 2.23. The Morgan fingerprint density at radius 3 is 2.46 bits per heavy atom. The van der Waals surface area contributed by atoms with Crippen LogP contribution in [0.3, 0.4) is 0 Å². The van der Waals surface area contributed by atoms with Gasteiger partial charge in [-0.25, -0.2) is 0 Å². The molecule has 122 valence electrons. The smallest absolute Gasteiger partial charge is 0.225 e. The second-order valence-corrected chi connectivity index (χ2v) is 5.82. The Bertz CT molecular complexity index is 816.